The van der Waals surface area contributed by atoms with Gasteiger partial charge >= 0.3 is 0 Å². The zero-order chi connectivity index (χ0) is 22.2. The average molecular weight is 419 g/mol. The summed E-state index contributed by atoms with van der Waals surface area (Å²) in [6.07, 6.45) is 0. The fraction of sp³-hybridized carbons (Fsp3) is 0.130. The molecule has 3 aromatic rings. The first kappa shape index (κ1) is 21.5. The van der Waals surface area contributed by atoms with Crippen LogP contribution in [0.2, 0.25) is 0 Å². The molecule has 3 aromatic carbocycles. The van der Waals surface area contributed by atoms with E-state index in [0.29, 0.717) is 23.6 Å². The minimum Gasteiger partial charge on any atom is -0.489 e. The fourth-order valence-corrected chi connectivity index (χ4v) is 2.84. The second-order valence-electron chi connectivity index (χ2n) is 6.79. The number of nitro benzene ring substituents is 1. The van der Waals surface area contributed by atoms with Gasteiger partial charge in [0.25, 0.3) is 11.6 Å². The molecule has 31 heavy (non-hydrogen) atoms. The van der Waals surface area contributed by atoms with Gasteiger partial charge in [-0.05, 0) is 48.9 Å². The van der Waals surface area contributed by atoms with Crippen LogP contribution in [0.3, 0.4) is 0 Å². The quantitative estimate of drug-likeness (QED) is 0.426. The van der Waals surface area contributed by atoms with Gasteiger partial charge in [0.15, 0.2) is 0 Å². The summed E-state index contributed by atoms with van der Waals surface area (Å²) in [4.78, 5) is 34.6. The van der Waals surface area contributed by atoms with Gasteiger partial charge in [-0.2, -0.15) is 0 Å². The van der Waals surface area contributed by atoms with Gasteiger partial charge in [-0.1, -0.05) is 30.3 Å². The van der Waals surface area contributed by atoms with Gasteiger partial charge < -0.3 is 15.4 Å². The Bertz CT molecular complexity index is 1080. The van der Waals surface area contributed by atoms with E-state index < -0.39 is 16.7 Å². The number of nitrogens with zero attached hydrogens (tertiary/aromatic N) is 1. The number of carbonyl (C=O) groups excluding carboxylic acids is 2. The highest BCUT2D eigenvalue weighted by Crippen LogP contribution is 2.19. The van der Waals surface area contributed by atoms with E-state index in [2.05, 4.69) is 10.6 Å². The number of rotatable bonds is 8. The van der Waals surface area contributed by atoms with E-state index in [0.717, 1.165) is 5.56 Å². The van der Waals surface area contributed by atoms with Crippen LogP contribution in [-0.4, -0.2) is 23.3 Å². The highest BCUT2D eigenvalue weighted by molar-refractivity contribution is 5.99. The SMILES string of the molecule is Cc1cc(C(=O)NCC(=O)Nc2ccc(OCc3ccccc3)cc2)ccc1[N+](=O)[O-]. The van der Waals surface area contributed by atoms with Crippen molar-refractivity contribution in [3.05, 3.63) is 99.6 Å². The Balaban J connectivity index is 1.47. The second kappa shape index (κ2) is 10.0. The van der Waals surface area contributed by atoms with E-state index >= 15 is 0 Å². The molecule has 0 unspecified atom stereocenters. The summed E-state index contributed by atoms with van der Waals surface area (Å²) >= 11 is 0. The predicted octanol–water partition coefficient (Wildman–Crippen LogP) is 3.85. The molecule has 0 aliphatic heterocycles. The van der Waals surface area contributed by atoms with E-state index in [1.54, 1.807) is 31.2 Å². The molecule has 0 aliphatic rings. The maximum atomic E-state index is 12.2. The molecule has 0 bridgehead atoms. The fourth-order valence-electron chi connectivity index (χ4n) is 2.84. The van der Waals surface area contributed by atoms with Crippen LogP contribution in [0.1, 0.15) is 21.5 Å². The maximum absolute atomic E-state index is 12.2. The molecule has 0 saturated carbocycles. The first-order valence-electron chi connectivity index (χ1n) is 9.52. The van der Waals surface area contributed by atoms with Crippen molar-refractivity contribution in [2.24, 2.45) is 0 Å². The number of nitro groups is 1. The van der Waals surface area contributed by atoms with Gasteiger partial charge in [-0.15, -0.1) is 0 Å². The molecule has 158 valence electrons. The minimum atomic E-state index is -0.511. The average Bonchev–Trinajstić information content (AvgIpc) is 2.77. The van der Waals surface area contributed by atoms with E-state index in [1.165, 1.54) is 18.2 Å². The van der Waals surface area contributed by atoms with Crippen molar-refractivity contribution in [2.45, 2.75) is 13.5 Å². The van der Waals surface area contributed by atoms with Crippen LogP contribution in [0.15, 0.2) is 72.8 Å². The third-order valence-corrected chi connectivity index (χ3v) is 4.45. The lowest BCUT2D eigenvalue weighted by Gasteiger charge is -2.09. The molecule has 3 rings (SSSR count). The van der Waals surface area contributed by atoms with E-state index in [-0.39, 0.29) is 17.8 Å². The summed E-state index contributed by atoms with van der Waals surface area (Å²) in [5.41, 5.74) is 2.18. The zero-order valence-electron chi connectivity index (χ0n) is 16.8. The molecule has 8 heteroatoms. The Morgan fingerprint density at radius 1 is 1.00 bits per heavy atom. The normalized spacial score (nSPS) is 10.2. The van der Waals surface area contributed by atoms with Gasteiger partial charge in [0.2, 0.25) is 5.91 Å². The Morgan fingerprint density at radius 2 is 1.71 bits per heavy atom. The Hall–Kier alpha value is -4.20. The lowest BCUT2D eigenvalue weighted by atomic mass is 10.1. The number of nitrogens with one attached hydrogen (secondary N) is 2. The number of anilines is 1. The standard InChI is InChI=1S/C23H21N3O5/c1-16-13-18(7-12-21(16)26(29)30)23(28)24-14-22(27)25-19-8-10-20(11-9-19)31-15-17-5-3-2-4-6-17/h2-13H,14-15H2,1H3,(H,24,28)(H,25,27). The van der Waals surface area contributed by atoms with E-state index in [4.69, 9.17) is 4.74 Å². The van der Waals surface area contributed by atoms with Crippen LogP contribution in [0.4, 0.5) is 11.4 Å². The van der Waals surface area contributed by atoms with Crippen LogP contribution in [0, 0.1) is 17.0 Å². The number of aryl methyl sites for hydroxylation is 1. The lowest BCUT2D eigenvalue weighted by Crippen LogP contribution is -2.32. The summed E-state index contributed by atoms with van der Waals surface area (Å²) in [6, 6.07) is 20.7. The third-order valence-electron chi connectivity index (χ3n) is 4.45. The van der Waals surface area contributed by atoms with Crippen LogP contribution >= 0.6 is 0 Å². The minimum absolute atomic E-state index is 0.0644. The summed E-state index contributed by atoms with van der Waals surface area (Å²) in [5, 5.41) is 16.0. The first-order chi connectivity index (χ1) is 14.9. The number of amides is 2. The van der Waals surface area contributed by atoms with Crippen LogP contribution < -0.4 is 15.4 Å². The molecule has 0 aliphatic carbocycles. The molecule has 8 nitrogen and oxygen atoms in total. The maximum Gasteiger partial charge on any atom is 0.272 e. The Morgan fingerprint density at radius 3 is 2.35 bits per heavy atom. The summed E-state index contributed by atoms with van der Waals surface area (Å²) < 4.78 is 5.70. The molecule has 0 spiro atoms. The zero-order valence-corrected chi connectivity index (χ0v) is 16.8. The molecule has 0 heterocycles. The predicted molar refractivity (Wildman–Crippen MR) is 116 cm³/mol. The molecule has 2 N–H and O–H groups in total. The number of hydrogen-bond acceptors (Lipinski definition) is 5. The molecular weight excluding hydrogens is 398 g/mol. The number of hydrogen-bond donors (Lipinski definition) is 2. The highest BCUT2D eigenvalue weighted by Gasteiger charge is 2.14. The molecule has 0 fully saturated rings. The van der Waals surface area contributed by atoms with E-state index in [1.807, 2.05) is 30.3 Å². The Kier molecular flexibility index (Phi) is 6.95. The number of carbonyl (C=O) groups is 2. The van der Waals surface area contributed by atoms with Crippen molar-refractivity contribution in [1.29, 1.82) is 0 Å². The smallest absolute Gasteiger partial charge is 0.272 e. The molecule has 2 amide bonds. The number of benzene rings is 3. The van der Waals surface area contributed by atoms with Gasteiger partial charge in [-0.25, -0.2) is 0 Å². The summed E-state index contributed by atoms with van der Waals surface area (Å²) in [7, 11) is 0. The van der Waals surface area contributed by atoms with Crippen molar-refractivity contribution in [2.75, 3.05) is 11.9 Å². The molecule has 0 radical (unpaired) electrons. The van der Waals surface area contributed by atoms with Gasteiger partial charge in [0, 0.05) is 22.9 Å². The van der Waals surface area contributed by atoms with Gasteiger partial charge in [-0.3, -0.25) is 19.7 Å². The topological polar surface area (TPSA) is 111 Å². The second-order valence-corrected chi connectivity index (χ2v) is 6.79. The highest BCUT2D eigenvalue weighted by atomic mass is 16.6. The summed E-state index contributed by atoms with van der Waals surface area (Å²) in [6.45, 7) is 1.76. The van der Waals surface area contributed by atoms with E-state index in [9.17, 15) is 19.7 Å². The van der Waals surface area contributed by atoms with Crippen molar-refractivity contribution < 1.29 is 19.2 Å². The first-order valence-corrected chi connectivity index (χ1v) is 9.52. The van der Waals surface area contributed by atoms with Crippen molar-refractivity contribution >= 4 is 23.2 Å². The largest absolute Gasteiger partial charge is 0.489 e. The lowest BCUT2D eigenvalue weighted by molar-refractivity contribution is -0.385. The number of ether oxygens (including phenoxy) is 1. The Labute approximate surface area is 179 Å². The van der Waals surface area contributed by atoms with Crippen molar-refractivity contribution in [3.63, 3.8) is 0 Å². The van der Waals surface area contributed by atoms with Crippen LogP contribution in [0.5, 0.6) is 5.75 Å². The third kappa shape index (κ3) is 6.14. The molecule has 0 aromatic heterocycles. The van der Waals surface area contributed by atoms with Crippen LogP contribution in [-0.2, 0) is 11.4 Å². The monoisotopic (exact) mass is 419 g/mol. The van der Waals surface area contributed by atoms with Crippen molar-refractivity contribution in [1.82, 2.24) is 5.32 Å². The van der Waals surface area contributed by atoms with Gasteiger partial charge in [0.1, 0.15) is 12.4 Å². The van der Waals surface area contributed by atoms with Crippen molar-refractivity contribution in [3.8, 4) is 5.75 Å². The van der Waals surface area contributed by atoms with Gasteiger partial charge in [0.05, 0.1) is 11.5 Å². The van der Waals surface area contributed by atoms with Crippen LogP contribution in [0.25, 0.3) is 0 Å². The molecule has 0 saturated heterocycles. The summed E-state index contributed by atoms with van der Waals surface area (Å²) in [5.74, 6) is -0.216. The molecular formula is C23H21N3O5. The molecule has 0 atom stereocenters.